The van der Waals surface area contributed by atoms with Gasteiger partial charge in [0.15, 0.2) is 0 Å². The van der Waals surface area contributed by atoms with Crippen LogP contribution in [0.15, 0.2) is 6.07 Å². The lowest BCUT2D eigenvalue weighted by atomic mass is 10.3. The normalized spacial score (nSPS) is 10.3. The highest BCUT2D eigenvalue weighted by Crippen LogP contribution is 2.14. The molecule has 0 radical (unpaired) electrons. The van der Waals surface area contributed by atoms with Crippen LogP contribution in [0.25, 0.3) is 0 Å². The van der Waals surface area contributed by atoms with Gasteiger partial charge in [0, 0.05) is 19.0 Å². The molecule has 0 saturated heterocycles. The predicted molar refractivity (Wildman–Crippen MR) is 70.6 cm³/mol. The molecule has 0 fully saturated rings. The molecule has 0 saturated carbocycles. The molecule has 1 N–H and O–H groups in total. The maximum Gasteiger partial charge on any atom is 0.218 e. The van der Waals surface area contributed by atoms with Gasteiger partial charge in [-0.3, -0.25) is 0 Å². The molecule has 17 heavy (non-hydrogen) atoms. The number of hydrogen-bond acceptors (Lipinski definition) is 4. The van der Waals surface area contributed by atoms with Crippen LogP contribution in [0.2, 0.25) is 0 Å². The number of ether oxygens (including phenoxy) is 1. The van der Waals surface area contributed by atoms with Crippen molar-refractivity contribution in [2.45, 2.75) is 46.5 Å². The molecular formula is C13H23N3O. The third kappa shape index (κ3) is 5.02. The molecule has 1 heterocycles. The molecule has 4 nitrogen and oxygen atoms in total. The van der Waals surface area contributed by atoms with E-state index in [9.17, 15) is 0 Å². The van der Waals surface area contributed by atoms with E-state index in [1.165, 1.54) is 0 Å². The van der Waals surface area contributed by atoms with E-state index < -0.39 is 0 Å². The van der Waals surface area contributed by atoms with E-state index in [0.717, 1.165) is 50.5 Å². The molecular weight excluding hydrogens is 214 g/mol. The van der Waals surface area contributed by atoms with Gasteiger partial charge in [-0.15, -0.1) is 0 Å². The number of rotatable bonds is 8. The predicted octanol–water partition coefficient (Wildman–Crippen LogP) is 3.04. The third-order valence-corrected chi connectivity index (χ3v) is 2.33. The third-order valence-electron chi connectivity index (χ3n) is 2.33. The van der Waals surface area contributed by atoms with Crippen LogP contribution >= 0.6 is 0 Å². The van der Waals surface area contributed by atoms with E-state index >= 15 is 0 Å². The minimum absolute atomic E-state index is 0.688. The van der Waals surface area contributed by atoms with Crippen molar-refractivity contribution in [1.29, 1.82) is 0 Å². The van der Waals surface area contributed by atoms with E-state index in [4.69, 9.17) is 4.74 Å². The van der Waals surface area contributed by atoms with Crippen LogP contribution < -0.4 is 10.1 Å². The quantitative estimate of drug-likeness (QED) is 0.706. The lowest BCUT2D eigenvalue weighted by Crippen LogP contribution is -2.06. The second-order valence-corrected chi connectivity index (χ2v) is 3.99. The van der Waals surface area contributed by atoms with Gasteiger partial charge in [-0.25, -0.2) is 4.98 Å². The zero-order valence-corrected chi connectivity index (χ0v) is 11.1. The van der Waals surface area contributed by atoms with E-state index in [0.29, 0.717) is 5.88 Å². The average Bonchev–Trinajstić information content (AvgIpc) is 2.30. The molecule has 0 amide bonds. The molecule has 1 rings (SSSR count). The summed E-state index contributed by atoms with van der Waals surface area (Å²) < 4.78 is 5.63. The van der Waals surface area contributed by atoms with Crippen molar-refractivity contribution in [3.63, 3.8) is 0 Å². The highest BCUT2D eigenvalue weighted by molar-refractivity contribution is 5.38. The molecule has 0 aliphatic carbocycles. The molecule has 0 atom stereocenters. The number of aromatic nitrogens is 2. The molecule has 0 aromatic carbocycles. The average molecular weight is 237 g/mol. The summed E-state index contributed by atoms with van der Waals surface area (Å²) in [5, 5.41) is 3.21. The molecule has 96 valence electrons. The summed E-state index contributed by atoms with van der Waals surface area (Å²) in [7, 11) is 0. The number of nitrogens with zero attached hydrogens (tertiary/aromatic N) is 2. The topological polar surface area (TPSA) is 47.0 Å². The summed E-state index contributed by atoms with van der Waals surface area (Å²) in [4.78, 5) is 8.84. The van der Waals surface area contributed by atoms with Crippen LogP contribution in [0.4, 0.5) is 5.82 Å². The van der Waals surface area contributed by atoms with E-state index in [2.05, 4.69) is 36.1 Å². The van der Waals surface area contributed by atoms with Crippen LogP contribution in [0.1, 0.15) is 45.9 Å². The van der Waals surface area contributed by atoms with Crippen LogP contribution in [0, 0.1) is 0 Å². The van der Waals surface area contributed by atoms with E-state index in [-0.39, 0.29) is 0 Å². The second kappa shape index (κ2) is 7.87. The number of nitrogens with one attached hydrogen (secondary N) is 1. The molecule has 0 spiro atoms. The number of anilines is 1. The fourth-order valence-corrected chi connectivity index (χ4v) is 1.47. The molecule has 4 heteroatoms. The summed E-state index contributed by atoms with van der Waals surface area (Å²) in [5.41, 5.74) is 0. The first kappa shape index (κ1) is 13.7. The fraction of sp³-hybridized carbons (Fsp3) is 0.692. The van der Waals surface area contributed by atoms with Gasteiger partial charge >= 0.3 is 0 Å². The largest absolute Gasteiger partial charge is 0.478 e. The van der Waals surface area contributed by atoms with Crippen LogP contribution in [0.3, 0.4) is 0 Å². The van der Waals surface area contributed by atoms with Crippen molar-refractivity contribution in [1.82, 2.24) is 9.97 Å². The lowest BCUT2D eigenvalue weighted by molar-refractivity contribution is 0.296. The van der Waals surface area contributed by atoms with Crippen LogP contribution in [-0.4, -0.2) is 23.1 Å². The zero-order chi connectivity index (χ0) is 12.5. The Morgan fingerprint density at radius 1 is 1.18 bits per heavy atom. The summed E-state index contributed by atoms with van der Waals surface area (Å²) >= 11 is 0. The molecule has 0 unspecified atom stereocenters. The Balaban J connectivity index is 2.72. The minimum atomic E-state index is 0.688. The number of hydrogen-bond donors (Lipinski definition) is 1. The van der Waals surface area contributed by atoms with Gasteiger partial charge in [0.05, 0.1) is 6.61 Å². The maximum absolute atomic E-state index is 5.63. The van der Waals surface area contributed by atoms with Gasteiger partial charge < -0.3 is 10.1 Å². The van der Waals surface area contributed by atoms with Crippen molar-refractivity contribution in [3.8, 4) is 5.88 Å². The first-order valence-corrected chi connectivity index (χ1v) is 6.54. The Morgan fingerprint density at radius 2 is 2.00 bits per heavy atom. The van der Waals surface area contributed by atoms with E-state index in [1.807, 2.05) is 6.07 Å². The standard InChI is InChI=1S/C13H23N3O/c1-4-7-9-17-13-10-12(14-6-3)15-11(16-13)8-5-2/h10H,4-9H2,1-3H3,(H,14,15,16). The first-order valence-electron chi connectivity index (χ1n) is 6.54. The number of aryl methyl sites for hydroxylation is 1. The summed E-state index contributed by atoms with van der Waals surface area (Å²) in [6.45, 7) is 7.91. The maximum atomic E-state index is 5.63. The monoisotopic (exact) mass is 237 g/mol. The van der Waals surface area contributed by atoms with Crippen molar-refractivity contribution in [2.75, 3.05) is 18.5 Å². The van der Waals surface area contributed by atoms with Crippen LogP contribution in [-0.2, 0) is 6.42 Å². The Hall–Kier alpha value is -1.32. The van der Waals surface area contributed by atoms with Crippen molar-refractivity contribution < 1.29 is 4.74 Å². The smallest absolute Gasteiger partial charge is 0.218 e. The molecule has 0 aliphatic rings. The Bertz CT molecular complexity index is 304. The summed E-state index contributed by atoms with van der Waals surface area (Å²) in [5.74, 6) is 2.41. The lowest BCUT2D eigenvalue weighted by Gasteiger charge is -2.09. The SMILES string of the molecule is CCCCOc1cc(NCC)nc(CCC)n1. The van der Waals surface area contributed by atoms with Gasteiger partial charge in [-0.05, 0) is 19.8 Å². The summed E-state index contributed by atoms with van der Waals surface area (Å²) in [6.07, 6.45) is 4.13. The van der Waals surface area contributed by atoms with Crippen molar-refractivity contribution in [3.05, 3.63) is 11.9 Å². The summed E-state index contributed by atoms with van der Waals surface area (Å²) in [6, 6.07) is 1.87. The molecule has 1 aromatic heterocycles. The Kier molecular flexibility index (Phi) is 6.37. The Morgan fingerprint density at radius 3 is 2.65 bits per heavy atom. The minimum Gasteiger partial charge on any atom is -0.478 e. The molecule has 0 aliphatic heterocycles. The number of unbranched alkanes of at least 4 members (excludes halogenated alkanes) is 1. The molecule has 0 bridgehead atoms. The van der Waals surface area contributed by atoms with E-state index in [1.54, 1.807) is 0 Å². The van der Waals surface area contributed by atoms with Gasteiger partial charge in [-0.2, -0.15) is 4.98 Å². The van der Waals surface area contributed by atoms with Gasteiger partial charge in [0.25, 0.3) is 0 Å². The van der Waals surface area contributed by atoms with Gasteiger partial charge in [0.2, 0.25) is 5.88 Å². The van der Waals surface area contributed by atoms with Crippen LogP contribution in [0.5, 0.6) is 5.88 Å². The van der Waals surface area contributed by atoms with Gasteiger partial charge in [0.1, 0.15) is 11.6 Å². The van der Waals surface area contributed by atoms with Crippen molar-refractivity contribution in [2.24, 2.45) is 0 Å². The molecule has 1 aromatic rings. The van der Waals surface area contributed by atoms with Gasteiger partial charge in [-0.1, -0.05) is 20.3 Å². The Labute approximate surface area is 104 Å². The first-order chi connectivity index (χ1) is 8.30. The second-order valence-electron chi connectivity index (χ2n) is 3.99. The zero-order valence-electron chi connectivity index (χ0n) is 11.1. The highest BCUT2D eigenvalue weighted by Gasteiger charge is 2.04. The fourth-order valence-electron chi connectivity index (χ4n) is 1.47. The highest BCUT2D eigenvalue weighted by atomic mass is 16.5. The van der Waals surface area contributed by atoms with Crippen molar-refractivity contribution >= 4 is 5.82 Å².